The molecule has 3 rings (SSSR count). The number of unbranched alkanes of at least 4 members (excludes halogenated alkanes) is 1. The van der Waals surface area contributed by atoms with E-state index in [0.29, 0.717) is 17.8 Å². The Bertz CT molecular complexity index is 1200. The molecule has 2 amide bonds. The molecule has 1 aromatic carbocycles. The van der Waals surface area contributed by atoms with Gasteiger partial charge in [0.15, 0.2) is 5.69 Å². The fourth-order valence-electron chi connectivity index (χ4n) is 3.35. The van der Waals surface area contributed by atoms with E-state index in [-0.39, 0.29) is 36.9 Å². The van der Waals surface area contributed by atoms with Crippen molar-refractivity contribution in [3.8, 4) is 0 Å². The number of benzene rings is 1. The molecule has 0 fully saturated rings. The van der Waals surface area contributed by atoms with Crippen LogP contribution in [-0.2, 0) is 17.9 Å². The number of nitrogen functional groups attached to an aromatic ring is 1. The van der Waals surface area contributed by atoms with Crippen molar-refractivity contribution in [3.63, 3.8) is 0 Å². The molecule has 0 saturated heterocycles. The average Bonchev–Trinajstić information content (AvgIpc) is 3.34. The summed E-state index contributed by atoms with van der Waals surface area (Å²) in [4.78, 5) is 54.5. The molecule has 174 valence electrons. The van der Waals surface area contributed by atoms with E-state index in [2.05, 4.69) is 10.3 Å². The van der Waals surface area contributed by atoms with Crippen LogP contribution in [0.5, 0.6) is 0 Å². The Hall–Kier alpha value is -3.66. The minimum Gasteiger partial charge on any atom is -0.383 e. The molecule has 10 heteroatoms. The number of hydrogen-bond acceptors (Lipinski definition) is 6. The maximum absolute atomic E-state index is 13.2. The normalized spacial score (nSPS) is 10.7. The number of amides is 2. The zero-order valence-electron chi connectivity index (χ0n) is 18.4. The number of nitrogens with zero attached hydrogens (tertiary/aromatic N) is 2. The highest BCUT2D eigenvalue weighted by molar-refractivity contribution is 7.12. The highest BCUT2D eigenvalue weighted by atomic mass is 32.1. The standard InChI is InChI=1S/C23H27N5O4S/c1-2-3-13-27-20(24)19(22(31)26-23(27)32)28(15-16-8-5-4-6-9-16)18(29)11-12-25-21(30)17-10-7-14-33-17/h4-10,14H,2-3,11-13,15,24H2,1H3,(H,25,30)(H,26,31,32). The highest BCUT2D eigenvalue weighted by Gasteiger charge is 2.24. The number of anilines is 2. The Labute approximate surface area is 194 Å². The van der Waals surface area contributed by atoms with E-state index in [1.54, 1.807) is 17.5 Å². The van der Waals surface area contributed by atoms with Crippen LogP contribution in [0.2, 0.25) is 0 Å². The molecule has 0 atom stereocenters. The Morgan fingerprint density at radius 2 is 1.91 bits per heavy atom. The van der Waals surface area contributed by atoms with Gasteiger partial charge in [-0.15, -0.1) is 11.3 Å². The third-order valence-corrected chi connectivity index (χ3v) is 5.94. The molecule has 3 aromatic rings. The Balaban J connectivity index is 1.88. The summed E-state index contributed by atoms with van der Waals surface area (Å²) < 4.78 is 1.28. The van der Waals surface area contributed by atoms with Gasteiger partial charge in [-0.05, 0) is 23.4 Å². The fourth-order valence-corrected chi connectivity index (χ4v) is 3.99. The number of rotatable bonds is 10. The summed E-state index contributed by atoms with van der Waals surface area (Å²) in [5, 5.41) is 4.51. The van der Waals surface area contributed by atoms with Gasteiger partial charge in [0.2, 0.25) is 5.91 Å². The van der Waals surface area contributed by atoms with Crippen LogP contribution in [0.1, 0.15) is 41.4 Å². The summed E-state index contributed by atoms with van der Waals surface area (Å²) in [5.41, 5.74) is 5.63. The predicted molar refractivity (Wildman–Crippen MR) is 130 cm³/mol. The second kappa shape index (κ2) is 11.3. The largest absolute Gasteiger partial charge is 0.383 e. The van der Waals surface area contributed by atoms with Crippen LogP contribution in [0.15, 0.2) is 57.4 Å². The topological polar surface area (TPSA) is 130 Å². The lowest BCUT2D eigenvalue weighted by Crippen LogP contribution is -2.41. The summed E-state index contributed by atoms with van der Waals surface area (Å²) in [6.07, 6.45) is 1.48. The first-order chi connectivity index (χ1) is 15.9. The molecule has 0 radical (unpaired) electrons. The first kappa shape index (κ1) is 24.0. The zero-order valence-corrected chi connectivity index (χ0v) is 19.2. The third-order valence-electron chi connectivity index (χ3n) is 5.07. The van der Waals surface area contributed by atoms with Crippen molar-refractivity contribution in [1.29, 1.82) is 0 Å². The zero-order chi connectivity index (χ0) is 23.8. The number of thiophene rings is 1. The van der Waals surface area contributed by atoms with Crippen molar-refractivity contribution in [2.24, 2.45) is 0 Å². The number of nitrogens with two attached hydrogens (primary N) is 1. The van der Waals surface area contributed by atoms with Crippen molar-refractivity contribution in [2.45, 2.75) is 39.3 Å². The summed E-state index contributed by atoms with van der Waals surface area (Å²) in [6.45, 7) is 2.49. The van der Waals surface area contributed by atoms with E-state index in [0.717, 1.165) is 12.0 Å². The molecule has 0 spiro atoms. The minimum absolute atomic E-state index is 0.0447. The highest BCUT2D eigenvalue weighted by Crippen LogP contribution is 2.21. The van der Waals surface area contributed by atoms with Crippen molar-refractivity contribution < 1.29 is 9.59 Å². The van der Waals surface area contributed by atoms with Gasteiger partial charge in [-0.1, -0.05) is 49.7 Å². The van der Waals surface area contributed by atoms with Crippen LogP contribution < -0.4 is 27.2 Å². The van der Waals surface area contributed by atoms with E-state index < -0.39 is 17.2 Å². The number of aromatic amines is 1. The monoisotopic (exact) mass is 469 g/mol. The van der Waals surface area contributed by atoms with E-state index in [4.69, 9.17) is 5.73 Å². The van der Waals surface area contributed by atoms with Crippen molar-refractivity contribution >= 4 is 34.7 Å². The van der Waals surface area contributed by atoms with Gasteiger partial charge >= 0.3 is 5.69 Å². The third kappa shape index (κ3) is 5.98. The van der Waals surface area contributed by atoms with Gasteiger partial charge in [0.05, 0.1) is 11.4 Å². The Kier molecular flexibility index (Phi) is 8.20. The number of aromatic nitrogens is 2. The van der Waals surface area contributed by atoms with Crippen molar-refractivity contribution in [1.82, 2.24) is 14.9 Å². The fraction of sp³-hybridized carbons (Fsp3) is 0.304. The molecular weight excluding hydrogens is 442 g/mol. The molecule has 9 nitrogen and oxygen atoms in total. The van der Waals surface area contributed by atoms with E-state index in [9.17, 15) is 19.2 Å². The maximum Gasteiger partial charge on any atom is 0.330 e. The molecule has 4 N–H and O–H groups in total. The first-order valence-corrected chi connectivity index (χ1v) is 11.6. The van der Waals surface area contributed by atoms with Gasteiger partial charge in [-0.2, -0.15) is 0 Å². The Morgan fingerprint density at radius 3 is 2.58 bits per heavy atom. The summed E-state index contributed by atoms with van der Waals surface area (Å²) in [7, 11) is 0. The van der Waals surface area contributed by atoms with E-state index >= 15 is 0 Å². The van der Waals surface area contributed by atoms with E-state index in [1.165, 1.54) is 20.8 Å². The predicted octanol–water partition coefficient (Wildman–Crippen LogP) is 2.33. The quantitative estimate of drug-likeness (QED) is 0.420. The SMILES string of the molecule is CCCCn1c(N)c(N(Cc2ccccc2)C(=O)CCNC(=O)c2cccs2)c(=O)[nH]c1=O. The van der Waals surface area contributed by atoms with Gasteiger partial charge in [-0.25, -0.2) is 4.79 Å². The second-order valence-corrected chi connectivity index (χ2v) is 8.39. The molecule has 0 saturated carbocycles. The Morgan fingerprint density at radius 1 is 1.15 bits per heavy atom. The van der Waals surface area contributed by atoms with Crippen LogP contribution in [0.3, 0.4) is 0 Å². The smallest absolute Gasteiger partial charge is 0.330 e. The van der Waals surface area contributed by atoms with Gasteiger partial charge in [0, 0.05) is 19.5 Å². The lowest BCUT2D eigenvalue weighted by atomic mass is 10.2. The second-order valence-electron chi connectivity index (χ2n) is 7.45. The summed E-state index contributed by atoms with van der Waals surface area (Å²) >= 11 is 1.31. The first-order valence-electron chi connectivity index (χ1n) is 10.7. The number of H-pyrrole nitrogens is 1. The number of hydrogen-bond donors (Lipinski definition) is 3. The van der Waals surface area contributed by atoms with Gasteiger partial charge in [-0.3, -0.25) is 23.9 Å². The summed E-state index contributed by atoms with van der Waals surface area (Å²) in [6, 6.07) is 12.6. The lowest BCUT2D eigenvalue weighted by molar-refractivity contribution is -0.118. The molecule has 2 heterocycles. The number of carbonyl (C=O) groups is 2. The van der Waals surface area contributed by atoms with Gasteiger partial charge < -0.3 is 16.0 Å². The van der Waals surface area contributed by atoms with Crippen LogP contribution >= 0.6 is 11.3 Å². The molecule has 0 aliphatic carbocycles. The molecule has 0 aliphatic heterocycles. The van der Waals surface area contributed by atoms with Crippen LogP contribution in [0.4, 0.5) is 11.5 Å². The molecular formula is C23H27N5O4S. The van der Waals surface area contributed by atoms with Crippen molar-refractivity contribution in [2.75, 3.05) is 17.2 Å². The lowest BCUT2D eigenvalue weighted by Gasteiger charge is -2.25. The van der Waals surface area contributed by atoms with Crippen molar-refractivity contribution in [3.05, 3.63) is 79.1 Å². The van der Waals surface area contributed by atoms with Gasteiger partial charge in [0.25, 0.3) is 11.5 Å². The number of nitrogens with one attached hydrogen (secondary N) is 2. The van der Waals surface area contributed by atoms with Crippen LogP contribution in [0.25, 0.3) is 0 Å². The molecule has 0 bridgehead atoms. The summed E-state index contributed by atoms with van der Waals surface area (Å²) in [5.74, 6) is -0.717. The maximum atomic E-state index is 13.2. The molecule has 2 aromatic heterocycles. The van der Waals surface area contributed by atoms with E-state index in [1.807, 2.05) is 37.3 Å². The minimum atomic E-state index is -0.725. The molecule has 33 heavy (non-hydrogen) atoms. The number of carbonyl (C=O) groups excluding carboxylic acids is 2. The molecule has 0 unspecified atom stereocenters. The van der Waals surface area contributed by atoms with Crippen LogP contribution in [-0.4, -0.2) is 27.9 Å². The van der Waals surface area contributed by atoms with Gasteiger partial charge in [0.1, 0.15) is 5.82 Å². The van der Waals surface area contributed by atoms with Crippen LogP contribution in [0, 0.1) is 0 Å². The molecule has 0 aliphatic rings. The average molecular weight is 470 g/mol.